The first kappa shape index (κ1) is 22.7. The summed E-state index contributed by atoms with van der Waals surface area (Å²) in [4.78, 5) is 14.4. The Morgan fingerprint density at radius 1 is 1.21 bits per heavy atom. The van der Waals surface area contributed by atoms with Crippen molar-refractivity contribution in [1.82, 2.24) is 4.98 Å². The van der Waals surface area contributed by atoms with E-state index in [2.05, 4.69) is 10.3 Å². The molecule has 2 aromatic rings. The third-order valence-corrected chi connectivity index (χ3v) is 5.41. The Hall–Kier alpha value is -1.59. The van der Waals surface area contributed by atoms with Gasteiger partial charge in [-0.1, -0.05) is 23.2 Å². The summed E-state index contributed by atoms with van der Waals surface area (Å²) in [5, 5.41) is 1.24. The number of aromatic nitrogens is 1. The lowest BCUT2D eigenvalue weighted by molar-refractivity contribution is -0.137. The second-order valence-electron chi connectivity index (χ2n) is 5.22. The lowest BCUT2D eigenvalue weighted by Gasteiger charge is -2.12. The largest absolute Gasteiger partial charge is 0.417 e. The lowest BCUT2D eigenvalue weighted by atomic mass is 10.2. The molecular formula is C15H10Cl3F3N2O4S. The molecule has 0 unspecified atom stereocenters. The molecule has 1 heterocycles. The van der Waals surface area contributed by atoms with E-state index in [-0.39, 0.29) is 16.4 Å². The van der Waals surface area contributed by atoms with Crippen LogP contribution in [0.25, 0.3) is 0 Å². The minimum absolute atomic E-state index is 0.0933. The molecule has 2 rings (SSSR count). The Balaban J connectivity index is 2.08. The van der Waals surface area contributed by atoms with Gasteiger partial charge in [0, 0.05) is 6.20 Å². The number of carbonyl (C=O) groups is 1. The average molecular weight is 478 g/mol. The van der Waals surface area contributed by atoms with E-state index in [1.54, 1.807) is 0 Å². The number of hydrogen-bond donors (Lipinski definition) is 1. The van der Waals surface area contributed by atoms with E-state index in [1.807, 2.05) is 0 Å². The number of pyridine rings is 1. The van der Waals surface area contributed by atoms with Crippen molar-refractivity contribution in [2.45, 2.75) is 11.1 Å². The summed E-state index contributed by atoms with van der Waals surface area (Å²) in [6, 6.07) is 3.52. The Bertz CT molecular complexity index is 1000. The zero-order chi connectivity index (χ0) is 21.1. The zero-order valence-corrected chi connectivity index (χ0v) is 16.6. The van der Waals surface area contributed by atoms with Crippen molar-refractivity contribution in [3.8, 4) is 0 Å². The number of nitrogens with zero attached hydrogens (tertiary/aromatic N) is 1. The Kier molecular flexibility index (Phi) is 7.16. The normalized spacial score (nSPS) is 12.1. The van der Waals surface area contributed by atoms with Gasteiger partial charge in [-0.25, -0.2) is 13.4 Å². The molecule has 6 nitrogen and oxygen atoms in total. The quantitative estimate of drug-likeness (QED) is 0.356. The molecular weight excluding hydrogens is 468 g/mol. The van der Waals surface area contributed by atoms with Crippen LogP contribution in [0.1, 0.15) is 16.1 Å². The molecule has 152 valence electrons. The maximum Gasteiger partial charge on any atom is 0.417 e. The summed E-state index contributed by atoms with van der Waals surface area (Å²) in [5.74, 6) is -0.933. The van der Waals surface area contributed by atoms with Crippen LogP contribution in [0.4, 0.5) is 18.9 Å². The predicted molar refractivity (Wildman–Crippen MR) is 97.5 cm³/mol. The van der Waals surface area contributed by atoms with Gasteiger partial charge in [0.05, 0.1) is 26.2 Å². The number of anilines is 1. The fourth-order valence-corrected chi connectivity index (χ4v) is 3.54. The van der Waals surface area contributed by atoms with Crippen molar-refractivity contribution in [3.63, 3.8) is 0 Å². The van der Waals surface area contributed by atoms with Gasteiger partial charge in [-0.15, -0.1) is 0 Å². The van der Waals surface area contributed by atoms with E-state index in [4.69, 9.17) is 39.5 Å². The maximum absolute atomic E-state index is 12.9. The molecule has 0 bridgehead atoms. The fourth-order valence-electron chi connectivity index (χ4n) is 1.99. The Labute approximate surface area is 172 Å². The van der Waals surface area contributed by atoms with Crippen LogP contribution in [0.15, 0.2) is 35.4 Å². The highest BCUT2D eigenvalue weighted by atomic mass is 35.5. The molecule has 1 aromatic heterocycles. The number of ether oxygens (including phenoxy) is 1. The number of sulfone groups is 1. The summed E-state index contributed by atoms with van der Waals surface area (Å²) in [6.45, 7) is -0.419. The molecule has 0 radical (unpaired) electrons. The van der Waals surface area contributed by atoms with Gasteiger partial charge in [0.25, 0.3) is 5.24 Å². The highest BCUT2D eigenvalue weighted by Crippen LogP contribution is 2.36. The highest BCUT2D eigenvalue weighted by molar-refractivity contribution is 7.91. The topological polar surface area (TPSA) is 85.4 Å². The molecule has 28 heavy (non-hydrogen) atoms. The van der Waals surface area contributed by atoms with Crippen LogP contribution in [0.2, 0.25) is 10.0 Å². The number of benzene rings is 1. The molecule has 1 aromatic carbocycles. The van der Waals surface area contributed by atoms with E-state index in [1.165, 1.54) is 12.3 Å². The van der Waals surface area contributed by atoms with E-state index >= 15 is 0 Å². The smallest absolute Gasteiger partial charge is 0.361 e. The molecule has 0 aliphatic heterocycles. The second-order valence-corrected chi connectivity index (χ2v) is 8.34. The predicted octanol–water partition coefficient (Wildman–Crippen LogP) is 4.60. The summed E-state index contributed by atoms with van der Waals surface area (Å²) < 4.78 is 67.9. The molecule has 0 atom stereocenters. The van der Waals surface area contributed by atoms with Crippen molar-refractivity contribution in [2.24, 2.45) is 0 Å². The first-order valence-corrected chi connectivity index (χ1v) is 9.97. The summed E-state index contributed by atoms with van der Waals surface area (Å²) in [7, 11) is -4.20. The van der Waals surface area contributed by atoms with Crippen molar-refractivity contribution in [3.05, 3.63) is 51.8 Å². The minimum atomic E-state index is -4.81. The third kappa shape index (κ3) is 5.71. The standard InChI is InChI=1S/C15H10Cl3F3N2O4S/c16-8-3-12(13(14(18)24)22-5-8)23-6-27-7-28(25,26)9-1-2-11(17)10(4-9)15(19,20)21/h1-5,23H,6-7H2. The summed E-state index contributed by atoms with van der Waals surface area (Å²) in [6.07, 6.45) is -3.62. The van der Waals surface area contributed by atoms with Crippen LogP contribution in [-0.4, -0.2) is 31.3 Å². The van der Waals surface area contributed by atoms with E-state index in [9.17, 15) is 26.4 Å². The minimum Gasteiger partial charge on any atom is -0.361 e. The van der Waals surface area contributed by atoms with Crippen LogP contribution >= 0.6 is 34.8 Å². The number of carbonyl (C=O) groups excluding carboxylic acids is 1. The van der Waals surface area contributed by atoms with Gasteiger partial charge in [0.1, 0.15) is 12.4 Å². The van der Waals surface area contributed by atoms with Crippen LogP contribution in [0, 0.1) is 0 Å². The SMILES string of the molecule is O=C(Cl)c1ncc(Cl)cc1NCOCS(=O)(=O)c1ccc(Cl)c(C(F)(F)F)c1. The van der Waals surface area contributed by atoms with Crippen molar-refractivity contribution < 1.29 is 31.1 Å². The second kappa shape index (κ2) is 8.83. The molecule has 13 heteroatoms. The fraction of sp³-hybridized carbons (Fsp3) is 0.200. The number of hydrogen-bond acceptors (Lipinski definition) is 6. The molecule has 0 aliphatic rings. The van der Waals surface area contributed by atoms with E-state index in [0.29, 0.717) is 6.07 Å². The van der Waals surface area contributed by atoms with Crippen LogP contribution in [-0.2, 0) is 20.8 Å². The zero-order valence-electron chi connectivity index (χ0n) is 13.6. The number of alkyl halides is 3. The monoisotopic (exact) mass is 476 g/mol. The van der Waals surface area contributed by atoms with Gasteiger partial charge in [-0.2, -0.15) is 13.2 Å². The number of rotatable bonds is 7. The molecule has 0 aliphatic carbocycles. The molecule has 0 saturated carbocycles. The van der Waals surface area contributed by atoms with Gasteiger partial charge in [-0.05, 0) is 35.9 Å². The molecule has 0 spiro atoms. The van der Waals surface area contributed by atoms with E-state index < -0.39 is 49.4 Å². The van der Waals surface area contributed by atoms with Gasteiger partial charge in [0.15, 0.2) is 5.94 Å². The molecule has 1 N–H and O–H groups in total. The van der Waals surface area contributed by atoms with Crippen LogP contribution in [0.5, 0.6) is 0 Å². The first-order chi connectivity index (χ1) is 12.9. The lowest BCUT2D eigenvalue weighted by Crippen LogP contribution is -2.16. The van der Waals surface area contributed by atoms with Crippen LogP contribution < -0.4 is 5.32 Å². The van der Waals surface area contributed by atoms with Crippen molar-refractivity contribution in [2.75, 3.05) is 18.0 Å². The summed E-state index contributed by atoms with van der Waals surface area (Å²) >= 11 is 16.6. The van der Waals surface area contributed by atoms with Gasteiger partial charge < -0.3 is 10.1 Å². The first-order valence-electron chi connectivity index (χ1n) is 7.18. The molecule has 0 saturated heterocycles. The number of nitrogens with one attached hydrogen (secondary N) is 1. The Morgan fingerprint density at radius 2 is 1.89 bits per heavy atom. The summed E-state index contributed by atoms with van der Waals surface area (Å²) in [5.41, 5.74) is -1.34. The van der Waals surface area contributed by atoms with Crippen molar-refractivity contribution in [1.29, 1.82) is 0 Å². The molecule has 0 fully saturated rings. The Morgan fingerprint density at radius 3 is 2.50 bits per heavy atom. The molecule has 0 amide bonds. The van der Waals surface area contributed by atoms with Crippen LogP contribution in [0.3, 0.4) is 0 Å². The van der Waals surface area contributed by atoms with Gasteiger partial charge >= 0.3 is 6.18 Å². The van der Waals surface area contributed by atoms with E-state index in [0.717, 1.165) is 12.1 Å². The van der Waals surface area contributed by atoms with Gasteiger partial charge in [0.2, 0.25) is 9.84 Å². The third-order valence-electron chi connectivity index (χ3n) is 3.25. The highest BCUT2D eigenvalue weighted by Gasteiger charge is 2.34. The van der Waals surface area contributed by atoms with Gasteiger partial charge in [-0.3, -0.25) is 4.79 Å². The number of halogens is 6. The maximum atomic E-state index is 12.9. The average Bonchev–Trinajstić information content (AvgIpc) is 2.57. The van der Waals surface area contributed by atoms with Crippen molar-refractivity contribution >= 4 is 55.6 Å².